The molecule has 1 aromatic carbocycles. The summed E-state index contributed by atoms with van der Waals surface area (Å²) >= 11 is 0. The molecule has 106 valence electrons. The van der Waals surface area contributed by atoms with Crippen molar-refractivity contribution in [2.75, 3.05) is 25.4 Å². The number of hydrogen-bond acceptors (Lipinski definition) is 3. The van der Waals surface area contributed by atoms with Gasteiger partial charge < -0.3 is 16.0 Å². The van der Waals surface area contributed by atoms with Crippen LogP contribution >= 0.6 is 0 Å². The largest absolute Gasteiger partial charge is 0.399 e. The Morgan fingerprint density at radius 1 is 1.25 bits per heavy atom. The molecule has 3 aliphatic rings. The number of benzene rings is 1. The van der Waals surface area contributed by atoms with Crippen LogP contribution in [0.4, 0.5) is 5.69 Å². The van der Waals surface area contributed by atoms with E-state index in [-0.39, 0.29) is 5.91 Å². The number of carbonyl (C=O) groups excluding carboxylic acids is 1. The van der Waals surface area contributed by atoms with Crippen LogP contribution in [0, 0.1) is 5.92 Å². The molecule has 4 nitrogen and oxygen atoms in total. The molecule has 0 radical (unpaired) electrons. The average molecular weight is 271 g/mol. The summed E-state index contributed by atoms with van der Waals surface area (Å²) in [6.45, 7) is 3.39. The summed E-state index contributed by atoms with van der Waals surface area (Å²) in [5, 5.41) is 3.14. The van der Waals surface area contributed by atoms with Crippen LogP contribution in [-0.4, -0.2) is 36.5 Å². The summed E-state index contributed by atoms with van der Waals surface area (Å²) in [4.78, 5) is 14.4. The number of fused-ring (bicyclic) bond motifs is 3. The van der Waals surface area contributed by atoms with E-state index in [1.54, 1.807) is 6.08 Å². The summed E-state index contributed by atoms with van der Waals surface area (Å²) < 4.78 is 0. The van der Waals surface area contributed by atoms with E-state index in [0.717, 1.165) is 17.8 Å². The van der Waals surface area contributed by atoms with Crippen molar-refractivity contribution in [2.24, 2.45) is 5.92 Å². The first kappa shape index (κ1) is 13.2. The van der Waals surface area contributed by atoms with Crippen molar-refractivity contribution >= 4 is 17.7 Å². The van der Waals surface area contributed by atoms with E-state index >= 15 is 0 Å². The third kappa shape index (κ3) is 3.02. The number of nitrogens with one attached hydrogen (secondary N) is 1. The molecule has 3 N–H and O–H groups in total. The number of nitrogens with two attached hydrogens (primary N) is 1. The fourth-order valence-corrected chi connectivity index (χ4v) is 3.14. The Kier molecular flexibility index (Phi) is 3.74. The van der Waals surface area contributed by atoms with Crippen molar-refractivity contribution in [3.8, 4) is 0 Å². The Morgan fingerprint density at radius 3 is 2.55 bits per heavy atom. The Hall–Kier alpha value is -1.81. The molecule has 1 aromatic rings. The Balaban J connectivity index is 1.55. The van der Waals surface area contributed by atoms with E-state index in [9.17, 15) is 4.79 Å². The van der Waals surface area contributed by atoms with Gasteiger partial charge in [-0.25, -0.2) is 0 Å². The number of piperidine rings is 3. The zero-order valence-electron chi connectivity index (χ0n) is 11.6. The van der Waals surface area contributed by atoms with Crippen molar-refractivity contribution in [1.82, 2.24) is 10.2 Å². The molecule has 20 heavy (non-hydrogen) atoms. The lowest BCUT2D eigenvalue weighted by atomic mass is 9.84. The SMILES string of the molecule is Nc1ccc(C=CC(=O)N[C@H]2CN3CCC2CC3)cc1. The van der Waals surface area contributed by atoms with Gasteiger partial charge in [-0.05, 0) is 55.6 Å². The van der Waals surface area contributed by atoms with E-state index in [1.165, 1.54) is 25.9 Å². The summed E-state index contributed by atoms with van der Waals surface area (Å²) in [5.41, 5.74) is 7.36. The third-order valence-electron chi connectivity index (χ3n) is 4.35. The highest BCUT2D eigenvalue weighted by Crippen LogP contribution is 2.27. The zero-order chi connectivity index (χ0) is 13.9. The average Bonchev–Trinajstić information content (AvgIpc) is 2.48. The van der Waals surface area contributed by atoms with Crippen LogP contribution in [0.25, 0.3) is 6.08 Å². The van der Waals surface area contributed by atoms with E-state index in [4.69, 9.17) is 5.73 Å². The van der Waals surface area contributed by atoms with Crippen LogP contribution < -0.4 is 11.1 Å². The summed E-state index contributed by atoms with van der Waals surface area (Å²) in [7, 11) is 0. The van der Waals surface area contributed by atoms with Gasteiger partial charge in [-0.2, -0.15) is 0 Å². The topological polar surface area (TPSA) is 58.4 Å². The number of nitrogen functional groups attached to an aromatic ring is 1. The third-order valence-corrected chi connectivity index (χ3v) is 4.35. The van der Waals surface area contributed by atoms with Crippen molar-refractivity contribution in [3.63, 3.8) is 0 Å². The molecule has 2 bridgehead atoms. The van der Waals surface area contributed by atoms with E-state index < -0.39 is 0 Å². The number of hydrogen-bond donors (Lipinski definition) is 2. The number of carbonyl (C=O) groups is 1. The van der Waals surface area contributed by atoms with Gasteiger partial charge in [-0.1, -0.05) is 12.1 Å². The highest BCUT2D eigenvalue weighted by Gasteiger charge is 2.34. The fourth-order valence-electron chi connectivity index (χ4n) is 3.14. The number of rotatable bonds is 3. The summed E-state index contributed by atoms with van der Waals surface area (Å²) in [6.07, 6.45) is 5.87. The van der Waals surface area contributed by atoms with E-state index in [0.29, 0.717) is 12.0 Å². The standard InChI is InChI=1S/C16H21N3O/c17-14-4-1-12(2-5-14)3-6-16(20)18-15-11-19-9-7-13(15)8-10-19/h1-6,13,15H,7-11,17H2,(H,18,20)/t15-/m0/s1. The van der Waals surface area contributed by atoms with Crippen molar-refractivity contribution < 1.29 is 4.79 Å². The van der Waals surface area contributed by atoms with Crippen molar-refractivity contribution in [3.05, 3.63) is 35.9 Å². The minimum atomic E-state index is 0.000532. The molecule has 0 saturated carbocycles. The lowest BCUT2D eigenvalue weighted by molar-refractivity contribution is -0.118. The monoisotopic (exact) mass is 271 g/mol. The molecule has 0 aromatic heterocycles. The second-order valence-corrected chi connectivity index (χ2v) is 5.75. The van der Waals surface area contributed by atoms with Crippen LogP contribution in [0.15, 0.2) is 30.3 Å². The molecule has 3 saturated heterocycles. The van der Waals surface area contributed by atoms with Gasteiger partial charge in [0.25, 0.3) is 0 Å². The molecule has 0 unspecified atom stereocenters. The van der Waals surface area contributed by atoms with Crippen LogP contribution in [-0.2, 0) is 4.79 Å². The lowest BCUT2D eigenvalue weighted by Crippen LogP contribution is -2.57. The van der Waals surface area contributed by atoms with Gasteiger partial charge in [0.1, 0.15) is 0 Å². The second-order valence-electron chi connectivity index (χ2n) is 5.75. The lowest BCUT2D eigenvalue weighted by Gasteiger charge is -2.44. The zero-order valence-corrected chi connectivity index (χ0v) is 11.6. The van der Waals surface area contributed by atoms with Gasteiger partial charge in [0, 0.05) is 24.4 Å². The van der Waals surface area contributed by atoms with Crippen LogP contribution in [0.1, 0.15) is 18.4 Å². The molecular formula is C16H21N3O. The van der Waals surface area contributed by atoms with Gasteiger partial charge in [0.2, 0.25) is 5.91 Å². The smallest absolute Gasteiger partial charge is 0.244 e. The highest BCUT2D eigenvalue weighted by molar-refractivity contribution is 5.92. The quantitative estimate of drug-likeness (QED) is 0.647. The van der Waals surface area contributed by atoms with Crippen molar-refractivity contribution in [2.45, 2.75) is 18.9 Å². The van der Waals surface area contributed by atoms with Crippen LogP contribution in [0.3, 0.4) is 0 Å². The molecule has 0 spiro atoms. The van der Waals surface area contributed by atoms with Gasteiger partial charge in [-0.15, -0.1) is 0 Å². The van der Waals surface area contributed by atoms with Crippen LogP contribution in [0.5, 0.6) is 0 Å². The maximum Gasteiger partial charge on any atom is 0.244 e. The Labute approximate surface area is 119 Å². The van der Waals surface area contributed by atoms with Gasteiger partial charge in [0.15, 0.2) is 0 Å². The minimum absolute atomic E-state index is 0.000532. The Bertz CT molecular complexity index is 501. The summed E-state index contributed by atoms with van der Waals surface area (Å²) in [5.74, 6) is 0.662. The predicted molar refractivity (Wildman–Crippen MR) is 81.0 cm³/mol. The maximum absolute atomic E-state index is 12.0. The molecule has 1 amide bonds. The minimum Gasteiger partial charge on any atom is -0.399 e. The molecule has 3 fully saturated rings. The van der Waals surface area contributed by atoms with Gasteiger partial charge >= 0.3 is 0 Å². The molecule has 4 rings (SSSR count). The van der Waals surface area contributed by atoms with Crippen molar-refractivity contribution in [1.29, 1.82) is 0 Å². The molecule has 4 heteroatoms. The highest BCUT2D eigenvalue weighted by atomic mass is 16.1. The second kappa shape index (κ2) is 5.67. The molecule has 3 aliphatic heterocycles. The van der Waals surface area contributed by atoms with E-state index in [1.807, 2.05) is 30.3 Å². The molecular weight excluding hydrogens is 250 g/mol. The maximum atomic E-state index is 12.0. The predicted octanol–water partition coefficient (Wildman–Crippen LogP) is 1.49. The first-order valence-corrected chi connectivity index (χ1v) is 7.27. The number of amides is 1. The number of anilines is 1. The molecule has 0 aliphatic carbocycles. The van der Waals surface area contributed by atoms with Crippen LogP contribution in [0.2, 0.25) is 0 Å². The Morgan fingerprint density at radius 2 is 1.95 bits per heavy atom. The van der Waals surface area contributed by atoms with Gasteiger partial charge in [0.05, 0.1) is 0 Å². The molecule has 3 heterocycles. The summed E-state index contributed by atoms with van der Waals surface area (Å²) in [6, 6.07) is 7.82. The van der Waals surface area contributed by atoms with Gasteiger partial charge in [-0.3, -0.25) is 4.79 Å². The number of nitrogens with zero attached hydrogens (tertiary/aromatic N) is 1. The fraction of sp³-hybridized carbons (Fsp3) is 0.438. The normalized spacial score (nSPS) is 28.7. The first-order chi connectivity index (χ1) is 9.70. The molecule has 1 atom stereocenters. The van der Waals surface area contributed by atoms with E-state index in [2.05, 4.69) is 10.2 Å². The first-order valence-electron chi connectivity index (χ1n) is 7.27.